The standard InChI is InChI=1S/C52H33N5/c1-4-12-43-36(8-1)37-9-2-5-13-44(37)52(43)45-14-6-3-10-40(45)49-46(52)24-23-38-39-11-7-27-55-51(39)57(50(38)49)35-21-17-33(18-22-35)32-15-19-34(20-16-32)56-47-25-28-53-30-41(47)42-31-54-29-26-48(42)56/h1-31,40,45H. The maximum atomic E-state index is 5.06. The highest BCUT2D eigenvalue weighted by atomic mass is 15.0. The molecule has 0 saturated heterocycles. The van der Waals surface area contributed by atoms with Gasteiger partial charge < -0.3 is 4.57 Å². The van der Waals surface area contributed by atoms with E-state index in [1.54, 1.807) is 0 Å². The van der Waals surface area contributed by atoms with Crippen LogP contribution in [-0.4, -0.2) is 24.1 Å². The first kappa shape index (κ1) is 30.9. The molecule has 3 aliphatic rings. The largest absolute Gasteiger partial charge is 0.309 e. The molecule has 266 valence electrons. The van der Waals surface area contributed by atoms with Crippen molar-refractivity contribution in [2.45, 2.75) is 11.3 Å². The number of hydrogen-bond acceptors (Lipinski definition) is 3. The third-order valence-electron chi connectivity index (χ3n) is 13.1. The van der Waals surface area contributed by atoms with Crippen molar-refractivity contribution in [3.05, 3.63) is 211 Å². The third kappa shape index (κ3) is 3.95. The summed E-state index contributed by atoms with van der Waals surface area (Å²) < 4.78 is 4.72. The van der Waals surface area contributed by atoms with Crippen molar-refractivity contribution in [2.75, 3.05) is 0 Å². The molecule has 5 heteroatoms. The maximum Gasteiger partial charge on any atom is 0.145 e. The highest BCUT2D eigenvalue weighted by molar-refractivity contribution is 6.11. The Labute approximate surface area is 328 Å². The molecule has 5 aromatic carbocycles. The van der Waals surface area contributed by atoms with Gasteiger partial charge in [-0.05, 0) is 93.0 Å². The minimum Gasteiger partial charge on any atom is -0.309 e. The van der Waals surface area contributed by atoms with E-state index in [0.29, 0.717) is 0 Å². The predicted octanol–water partition coefficient (Wildman–Crippen LogP) is 11.9. The molecule has 3 aliphatic carbocycles. The Morgan fingerprint density at radius 3 is 1.75 bits per heavy atom. The minimum atomic E-state index is -0.291. The van der Waals surface area contributed by atoms with Crippen molar-refractivity contribution in [1.82, 2.24) is 24.1 Å². The van der Waals surface area contributed by atoms with Crippen LogP contribution in [0.4, 0.5) is 0 Å². The molecule has 5 heterocycles. The lowest BCUT2D eigenvalue weighted by Crippen LogP contribution is -2.32. The van der Waals surface area contributed by atoms with Gasteiger partial charge in [-0.25, -0.2) is 4.98 Å². The third-order valence-corrected chi connectivity index (χ3v) is 13.1. The maximum absolute atomic E-state index is 5.06. The minimum absolute atomic E-state index is 0.204. The van der Waals surface area contributed by atoms with Crippen molar-refractivity contribution in [3.8, 4) is 33.6 Å². The first-order valence-electron chi connectivity index (χ1n) is 19.7. The SMILES string of the molecule is C1=CC2c3c(ccc4c5cccnc5n(-c5ccc(-c6ccc(-n7c8ccncc8c8cnccc87)cc6)cc5)c34)C3(c4ccccc4-c4ccccc43)C2C=C1. The zero-order valence-corrected chi connectivity index (χ0v) is 30.8. The van der Waals surface area contributed by atoms with Crippen molar-refractivity contribution >= 4 is 43.7 Å². The molecule has 1 spiro atoms. The fourth-order valence-corrected chi connectivity index (χ4v) is 10.9. The molecule has 5 nitrogen and oxygen atoms in total. The molecule has 5 aromatic heterocycles. The second kappa shape index (κ2) is 11.3. The molecule has 0 aliphatic heterocycles. The van der Waals surface area contributed by atoms with Gasteiger partial charge >= 0.3 is 0 Å². The summed E-state index contributed by atoms with van der Waals surface area (Å²) in [6.45, 7) is 0. The van der Waals surface area contributed by atoms with Gasteiger partial charge in [0.25, 0.3) is 0 Å². The van der Waals surface area contributed by atoms with Crippen LogP contribution in [0.2, 0.25) is 0 Å². The van der Waals surface area contributed by atoms with Crippen LogP contribution in [0, 0.1) is 5.92 Å². The number of nitrogens with zero attached hydrogens (tertiary/aromatic N) is 5. The Morgan fingerprint density at radius 1 is 0.474 bits per heavy atom. The fourth-order valence-electron chi connectivity index (χ4n) is 10.9. The normalized spacial score (nSPS) is 17.1. The summed E-state index contributed by atoms with van der Waals surface area (Å²) in [7, 11) is 0. The molecule has 0 fully saturated rings. The van der Waals surface area contributed by atoms with Crippen LogP contribution in [0.25, 0.3) is 77.4 Å². The lowest BCUT2D eigenvalue weighted by atomic mass is 9.65. The van der Waals surface area contributed by atoms with E-state index in [4.69, 9.17) is 4.98 Å². The summed E-state index contributed by atoms with van der Waals surface area (Å²) in [6, 6.07) is 49.3. The topological polar surface area (TPSA) is 48.5 Å². The Morgan fingerprint density at radius 2 is 1.09 bits per heavy atom. The molecule has 0 amide bonds. The molecule has 0 radical (unpaired) electrons. The summed E-state index contributed by atoms with van der Waals surface area (Å²) in [4.78, 5) is 13.9. The Bertz CT molecular complexity index is 3260. The van der Waals surface area contributed by atoms with E-state index in [9.17, 15) is 0 Å². The molecule has 2 atom stereocenters. The summed E-state index contributed by atoms with van der Waals surface area (Å²) in [5.74, 6) is 0.448. The van der Waals surface area contributed by atoms with Crippen LogP contribution in [-0.2, 0) is 5.41 Å². The molecule has 2 unspecified atom stereocenters. The number of aromatic nitrogens is 5. The van der Waals surface area contributed by atoms with Crippen LogP contribution < -0.4 is 0 Å². The van der Waals surface area contributed by atoms with E-state index >= 15 is 0 Å². The second-order valence-electron chi connectivity index (χ2n) is 15.6. The summed E-state index contributed by atoms with van der Waals surface area (Å²) in [5, 5.41) is 4.62. The molecule has 0 saturated carbocycles. The zero-order chi connectivity index (χ0) is 37.2. The fraction of sp³-hybridized carbons (Fsp3) is 0.0577. The predicted molar refractivity (Wildman–Crippen MR) is 230 cm³/mol. The average molecular weight is 728 g/mol. The summed E-state index contributed by atoms with van der Waals surface area (Å²) >= 11 is 0. The van der Waals surface area contributed by atoms with Crippen molar-refractivity contribution in [1.29, 1.82) is 0 Å². The highest BCUT2D eigenvalue weighted by Crippen LogP contribution is 2.66. The second-order valence-corrected chi connectivity index (χ2v) is 15.6. The van der Waals surface area contributed by atoms with Gasteiger partial charge in [0.05, 0.1) is 22.0 Å². The van der Waals surface area contributed by atoms with Gasteiger partial charge in [-0.1, -0.05) is 109 Å². The first-order valence-corrected chi connectivity index (χ1v) is 19.7. The van der Waals surface area contributed by atoms with E-state index in [1.807, 2.05) is 31.0 Å². The monoisotopic (exact) mass is 727 g/mol. The van der Waals surface area contributed by atoms with E-state index in [0.717, 1.165) is 44.4 Å². The van der Waals surface area contributed by atoms with Crippen LogP contribution >= 0.6 is 0 Å². The van der Waals surface area contributed by atoms with E-state index in [1.165, 1.54) is 55.2 Å². The molecule has 57 heavy (non-hydrogen) atoms. The van der Waals surface area contributed by atoms with E-state index in [-0.39, 0.29) is 17.3 Å². The molecule has 0 N–H and O–H groups in total. The van der Waals surface area contributed by atoms with Crippen LogP contribution in [0.5, 0.6) is 0 Å². The number of allylic oxidation sites excluding steroid dienone is 4. The smallest absolute Gasteiger partial charge is 0.145 e. The molecule has 0 bridgehead atoms. The summed E-state index contributed by atoms with van der Waals surface area (Å²) in [5.41, 5.74) is 17.0. The van der Waals surface area contributed by atoms with Gasteiger partial charge in [-0.15, -0.1) is 0 Å². The van der Waals surface area contributed by atoms with Crippen molar-refractivity contribution < 1.29 is 0 Å². The van der Waals surface area contributed by atoms with Gasteiger partial charge in [-0.3, -0.25) is 14.5 Å². The number of pyridine rings is 3. The van der Waals surface area contributed by atoms with Gasteiger partial charge in [0.2, 0.25) is 0 Å². The number of rotatable bonds is 3. The van der Waals surface area contributed by atoms with Crippen LogP contribution in [0.1, 0.15) is 28.2 Å². The summed E-state index contributed by atoms with van der Waals surface area (Å²) in [6.07, 6.45) is 18.9. The number of hydrogen-bond donors (Lipinski definition) is 0. The Hall–Kier alpha value is -7.37. The quantitative estimate of drug-likeness (QED) is 0.182. The molecular formula is C52H33N5. The van der Waals surface area contributed by atoms with E-state index < -0.39 is 0 Å². The van der Waals surface area contributed by atoms with E-state index in [2.05, 4.69) is 177 Å². The lowest BCUT2D eigenvalue weighted by molar-refractivity contribution is 0.466. The van der Waals surface area contributed by atoms with Crippen molar-refractivity contribution in [2.24, 2.45) is 5.92 Å². The average Bonchev–Trinajstić information content (AvgIpc) is 3.99. The molecular weight excluding hydrogens is 695 g/mol. The van der Waals surface area contributed by atoms with Gasteiger partial charge in [0.1, 0.15) is 5.65 Å². The zero-order valence-electron chi connectivity index (χ0n) is 30.8. The first-order chi connectivity index (χ1) is 28.3. The number of fused-ring (bicyclic) bond motifs is 17. The molecule has 10 aromatic rings. The van der Waals surface area contributed by atoms with Gasteiger partial charge in [0, 0.05) is 75.7 Å². The Kier molecular flexibility index (Phi) is 6.15. The lowest BCUT2D eigenvalue weighted by Gasteiger charge is -2.36. The molecule has 13 rings (SSSR count). The van der Waals surface area contributed by atoms with Gasteiger partial charge in [0.15, 0.2) is 0 Å². The van der Waals surface area contributed by atoms with Crippen LogP contribution in [0.15, 0.2) is 189 Å². The van der Waals surface area contributed by atoms with Crippen LogP contribution in [0.3, 0.4) is 0 Å². The number of benzene rings is 5. The van der Waals surface area contributed by atoms with Crippen molar-refractivity contribution in [3.63, 3.8) is 0 Å². The Balaban J connectivity index is 0.980. The highest BCUT2D eigenvalue weighted by Gasteiger charge is 2.57. The van der Waals surface area contributed by atoms with Gasteiger partial charge in [-0.2, -0.15) is 0 Å².